The summed E-state index contributed by atoms with van der Waals surface area (Å²) in [4.78, 5) is 6.80. The van der Waals surface area contributed by atoms with Gasteiger partial charge in [-0.25, -0.2) is 0 Å². The molecule has 1 fully saturated rings. The normalized spacial score (nSPS) is 18.0. The fourth-order valence-corrected chi connectivity index (χ4v) is 2.91. The number of rotatable bonds is 5. The molecule has 0 radical (unpaired) electrons. The summed E-state index contributed by atoms with van der Waals surface area (Å²) in [5.41, 5.74) is 1.39. The van der Waals surface area contributed by atoms with Gasteiger partial charge in [-0.15, -0.1) is 24.0 Å². The molecule has 0 aliphatic carbocycles. The van der Waals surface area contributed by atoms with Crippen LogP contribution in [0.1, 0.15) is 38.2 Å². The summed E-state index contributed by atoms with van der Waals surface area (Å²) in [6, 6.07) is 8.46. The van der Waals surface area contributed by atoms with E-state index < -0.39 is 0 Å². The number of nitrogens with zero attached hydrogens (tertiary/aromatic N) is 2. The fourth-order valence-electron chi connectivity index (χ4n) is 2.91. The van der Waals surface area contributed by atoms with Crippen molar-refractivity contribution < 1.29 is 4.74 Å². The maximum Gasteiger partial charge on any atom is 0.193 e. The zero-order valence-electron chi connectivity index (χ0n) is 14.7. The first-order valence-electron chi connectivity index (χ1n) is 8.23. The molecule has 0 saturated carbocycles. The molecule has 0 aromatic heterocycles. The standard InChI is InChI=1S/C18H29N3O.HI/c1-14(2)9-11-20-18(19-3)21-12-10-16(13-21)15-5-7-17(22-4)8-6-15;/h5-8,14,16H,9-13H2,1-4H3,(H,19,20);1H. The van der Waals surface area contributed by atoms with Gasteiger partial charge < -0.3 is 15.0 Å². The molecule has 2 rings (SSSR count). The molecule has 1 heterocycles. The van der Waals surface area contributed by atoms with Crippen LogP contribution in [0, 0.1) is 5.92 Å². The molecular formula is C18H30IN3O. The lowest BCUT2D eigenvalue weighted by Gasteiger charge is -2.22. The van der Waals surface area contributed by atoms with Crippen LogP contribution in [0.3, 0.4) is 0 Å². The van der Waals surface area contributed by atoms with E-state index in [1.807, 2.05) is 19.2 Å². The van der Waals surface area contributed by atoms with Gasteiger partial charge >= 0.3 is 0 Å². The number of hydrogen-bond acceptors (Lipinski definition) is 2. The largest absolute Gasteiger partial charge is 0.497 e. The first-order chi connectivity index (χ1) is 10.6. The van der Waals surface area contributed by atoms with Crippen molar-refractivity contribution in [3.05, 3.63) is 29.8 Å². The van der Waals surface area contributed by atoms with Gasteiger partial charge in [0.2, 0.25) is 0 Å². The Balaban J connectivity index is 0.00000264. The molecule has 23 heavy (non-hydrogen) atoms. The van der Waals surface area contributed by atoms with Gasteiger partial charge in [-0.3, -0.25) is 4.99 Å². The maximum absolute atomic E-state index is 5.23. The second-order valence-electron chi connectivity index (χ2n) is 6.36. The third-order valence-corrected chi connectivity index (χ3v) is 4.29. The van der Waals surface area contributed by atoms with Crippen LogP contribution < -0.4 is 10.1 Å². The number of hydrogen-bond donors (Lipinski definition) is 1. The van der Waals surface area contributed by atoms with Crippen molar-refractivity contribution in [2.45, 2.75) is 32.6 Å². The molecule has 1 unspecified atom stereocenters. The second-order valence-corrected chi connectivity index (χ2v) is 6.36. The summed E-state index contributed by atoms with van der Waals surface area (Å²) in [6.45, 7) is 7.60. The van der Waals surface area contributed by atoms with Crippen molar-refractivity contribution in [2.75, 3.05) is 33.8 Å². The first-order valence-corrected chi connectivity index (χ1v) is 8.23. The minimum Gasteiger partial charge on any atom is -0.497 e. The molecule has 1 saturated heterocycles. The van der Waals surface area contributed by atoms with E-state index in [0.717, 1.165) is 37.3 Å². The molecule has 1 aromatic rings. The van der Waals surface area contributed by atoms with Gasteiger partial charge in [-0.05, 0) is 36.5 Å². The first kappa shape index (κ1) is 20.1. The monoisotopic (exact) mass is 431 g/mol. The Morgan fingerprint density at radius 2 is 2.04 bits per heavy atom. The average Bonchev–Trinajstić information content (AvgIpc) is 3.01. The van der Waals surface area contributed by atoms with Crippen molar-refractivity contribution in [2.24, 2.45) is 10.9 Å². The van der Waals surface area contributed by atoms with E-state index in [2.05, 4.69) is 41.2 Å². The lowest BCUT2D eigenvalue weighted by Crippen LogP contribution is -2.40. The van der Waals surface area contributed by atoms with Crippen LogP contribution in [0.4, 0.5) is 0 Å². The van der Waals surface area contributed by atoms with E-state index in [1.54, 1.807) is 7.11 Å². The number of likely N-dealkylation sites (tertiary alicyclic amines) is 1. The van der Waals surface area contributed by atoms with E-state index in [1.165, 1.54) is 18.4 Å². The summed E-state index contributed by atoms with van der Waals surface area (Å²) in [7, 11) is 3.58. The topological polar surface area (TPSA) is 36.9 Å². The molecule has 1 aliphatic rings. The van der Waals surface area contributed by atoms with Crippen LogP contribution in [0.2, 0.25) is 0 Å². The van der Waals surface area contributed by atoms with Crippen LogP contribution in [0.15, 0.2) is 29.3 Å². The van der Waals surface area contributed by atoms with Crippen molar-refractivity contribution in [1.82, 2.24) is 10.2 Å². The van der Waals surface area contributed by atoms with Crippen molar-refractivity contribution >= 4 is 29.9 Å². The van der Waals surface area contributed by atoms with Gasteiger partial charge in [-0.2, -0.15) is 0 Å². The molecular weight excluding hydrogens is 401 g/mol. The molecule has 1 N–H and O–H groups in total. The predicted molar refractivity (Wildman–Crippen MR) is 108 cm³/mol. The lowest BCUT2D eigenvalue weighted by molar-refractivity contribution is 0.414. The molecule has 0 amide bonds. The number of halogens is 1. The van der Waals surface area contributed by atoms with Crippen LogP contribution in [0.5, 0.6) is 5.75 Å². The predicted octanol–water partition coefficient (Wildman–Crippen LogP) is 3.72. The quantitative estimate of drug-likeness (QED) is 0.439. The number of methoxy groups -OCH3 is 1. The maximum atomic E-state index is 5.23. The highest BCUT2D eigenvalue weighted by Crippen LogP contribution is 2.28. The van der Waals surface area contributed by atoms with Crippen LogP contribution >= 0.6 is 24.0 Å². The SMILES string of the molecule is CN=C(NCCC(C)C)N1CCC(c2ccc(OC)cc2)C1.I. The Morgan fingerprint density at radius 1 is 1.35 bits per heavy atom. The summed E-state index contributed by atoms with van der Waals surface area (Å²) < 4.78 is 5.23. The Hall–Kier alpha value is -0.980. The molecule has 4 nitrogen and oxygen atoms in total. The minimum absolute atomic E-state index is 0. The van der Waals surface area contributed by atoms with Crippen LogP contribution in [-0.2, 0) is 0 Å². The highest BCUT2D eigenvalue weighted by atomic mass is 127. The van der Waals surface area contributed by atoms with E-state index in [4.69, 9.17) is 4.74 Å². The molecule has 1 aromatic carbocycles. The van der Waals surface area contributed by atoms with Crippen LogP contribution in [-0.4, -0.2) is 44.7 Å². The van der Waals surface area contributed by atoms with Gasteiger partial charge in [0, 0.05) is 32.6 Å². The summed E-state index contributed by atoms with van der Waals surface area (Å²) in [5, 5.41) is 3.49. The highest BCUT2D eigenvalue weighted by Gasteiger charge is 2.25. The molecule has 130 valence electrons. The zero-order chi connectivity index (χ0) is 15.9. The fraction of sp³-hybridized carbons (Fsp3) is 0.611. The number of benzene rings is 1. The zero-order valence-corrected chi connectivity index (χ0v) is 17.0. The third-order valence-electron chi connectivity index (χ3n) is 4.29. The Labute approximate surface area is 157 Å². The molecule has 0 bridgehead atoms. The van der Waals surface area contributed by atoms with Gasteiger partial charge in [0.15, 0.2) is 5.96 Å². The van der Waals surface area contributed by atoms with Crippen molar-refractivity contribution in [3.63, 3.8) is 0 Å². The molecule has 1 atom stereocenters. The Kier molecular flexibility index (Phi) is 8.73. The number of nitrogens with one attached hydrogen (secondary N) is 1. The summed E-state index contributed by atoms with van der Waals surface area (Å²) in [5.74, 6) is 3.26. The summed E-state index contributed by atoms with van der Waals surface area (Å²) >= 11 is 0. The van der Waals surface area contributed by atoms with Gasteiger partial charge in [0.05, 0.1) is 7.11 Å². The Bertz CT molecular complexity index is 488. The van der Waals surface area contributed by atoms with E-state index in [9.17, 15) is 0 Å². The smallest absolute Gasteiger partial charge is 0.193 e. The van der Waals surface area contributed by atoms with Gasteiger partial charge in [0.25, 0.3) is 0 Å². The highest BCUT2D eigenvalue weighted by molar-refractivity contribution is 14.0. The number of guanidine groups is 1. The second kappa shape index (κ2) is 10.0. The minimum atomic E-state index is 0. The molecule has 1 aliphatic heterocycles. The molecule has 5 heteroatoms. The lowest BCUT2D eigenvalue weighted by atomic mass is 9.98. The van der Waals surface area contributed by atoms with Crippen molar-refractivity contribution in [1.29, 1.82) is 0 Å². The van der Waals surface area contributed by atoms with E-state index >= 15 is 0 Å². The third kappa shape index (κ3) is 5.86. The average molecular weight is 431 g/mol. The summed E-state index contributed by atoms with van der Waals surface area (Å²) in [6.07, 6.45) is 2.35. The van der Waals surface area contributed by atoms with Crippen LogP contribution in [0.25, 0.3) is 0 Å². The van der Waals surface area contributed by atoms with Crippen molar-refractivity contribution in [3.8, 4) is 5.75 Å². The van der Waals surface area contributed by atoms with E-state index in [0.29, 0.717) is 5.92 Å². The molecule has 0 spiro atoms. The number of aliphatic imine (C=N–C) groups is 1. The number of ether oxygens (including phenoxy) is 1. The van der Waals surface area contributed by atoms with Gasteiger partial charge in [-0.1, -0.05) is 26.0 Å². The van der Waals surface area contributed by atoms with E-state index in [-0.39, 0.29) is 24.0 Å². The Morgan fingerprint density at radius 3 is 2.61 bits per heavy atom. The van der Waals surface area contributed by atoms with Gasteiger partial charge in [0.1, 0.15) is 5.75 Å².